The third-order valence-corrected chi connectivity index (χ3v) is 8.84. The van der Waals surface area contributed by atoms with Gasteiger partial charge < -0.3 is 18.1 Å². The SMILES string of the molecule is CCOP(=S)(OCC)OP(=S)(OCC)OCC.c1ccncc1.c1ccncc1. The topological polar surface area (TPSA) is 71.9 Å². The molecule has 0 atom stereocenters. The second-order valence-corrected chi connectivity index (χ2v) is 10.9. The lowest BCUT2D eigenvalue weighted by Crippen LogP contribution is -2.03. The zero-order chi connectivity index (χ0) is 21.8. The molecular formula is C18H30N2O5P2S2. The van der Waals surface area contributed by atoms with Crippen molar-refractivity contribution in [2.75, 3.05) is 26.4 Å². The molecule has 7 nitrogen and oxygen atoms in total. The van der Waals surface area contributed by atoms with Crippen LogP contribution in [-0.2, 0) is 46.0 Å². The molecule has 0 aliphatic rings. The molecule has 2 aromatic heterocycles. The molecule has 0 spiro atoms. The molecule has 0 saturated heterocycles. The van der Waals surface area contributed by atoms with Gasteiger partial charge in [0.1, 0.15) is 0 Å². The van der Waals surface area contributed by atoms with Crippen LogP contribution in [-0.4, -0.2) is 36.4 Å². The summed E-state index contributed by atoms with van der Waals surface area (Å²) < 4.78 is 26.9. The molecule has 2 rings (SSSR count). The Morgan fingerprint density at radius 1 is 0.552 bits per heavy atom. The monoisotopic (exact) mass is 480 g/mol. The molecule has 0 aliphatic heterocycles. The van der Waals surface area contributed by atoms with E-state index in [9.17, 15) is 0 Å². The molecule has 0 saturated carbocycles. The maximum absolute atomic E-state index is 5.55. The van der Waals surface area contributed by atoms with Gasteiger partial charge in [-0.1, -0.05) is 12.1 Å². The normalized spacial score (nSPS) is 10.9. The summed E-state index contributed by atoms with van der Waals surface area (Å²) in [5.74, 6) is 0. The summed E-state index contributed by atoms with van der Waals surface area (Å²) in [5, 5.41) is 0. The van der Waals surface area contributed by atoms with Crippen molar-refractivity contribution < 1.29 is 22.4 Å². The van der Waals surface area contributed by atoms with Crippen LogP contribution in [0.5, 0.6) is 0 Å². The summed E-state index contributed by atoms with van der Waals surface area (Å²) in [4.78, 5) is 7.57. The fourth-order valence-corrected chi connectivity index (χ4v) is 7.92. The third-order valence-electron chi connectivity index (χ3n) is 2.48. The predicted octanol–water partition coefficient (Wildman–Crippen LogP) is 5.76. The van der Waals surface area contributed by atoms with E-state index in [1.54, 1.807) is 24.8 Å². The average Bonchev–Trinajstić information content (AvgIpc) is 2.72. The summed E-state index contributed by atoms with van der Waals surface area (Å²) in [7, 11) is 0. The van der Waals surface area contributed by atoms with Gasteiger partial charge in [0.2, 0.25) is 0 Å². The molecule has 0 aliphatic carbocycles. The molecule has 0 amide bonds. The minimum atomic E-state index is -2.87. The first-order chi connectivity index (χ1) is 13.9. The molecule has 11 heteroatoms. The smallest absolute Gasteiger partial charge is 0.309 e. The highest BCUT2D eigenvalue weighted by atomic mass is 32.5. The van der Waals surface area contributed by atoms with Crippen LogP contribution in [0, 0.1) is 0 Å². The van der Waals surface area contributed by atoms with Gasteiger partial charge in [-0.25, -0.2) is 4.31 Å². The standard InChI is InChI=1S/C8H20O5P2S2.2C5H5N/c1-5-9-14(16,10-6-2)13-15(17,11-7-3)12-8-4;2*1-2-4-6-5-3-1/h5-8H2,1-4H3;2*1-5H. The van der Waals surface area contributed by atoms with Crippen LogP contribution in [0.1, 0.15) is 27.7 Å². The van der Waals surface area contributed by atoms with Gasteiger partial charge in [-0.3, -0.25) is 9.97 Å². The van der Waals surface area contributed by atoms with Crippen molar-refractivity contribution in [1.29, 1.82) is 0 Å². The fourth-order valence-electron chi connectivity index (χ4n) is 1.55. The molecule has 2 heterocycles. The van der Waals surface area contributed by atoms with E-state index in [0.717, 1.165) is 0 Å². The number of hydrogen-bond donors (Lipinski definition) is 0. The summed E-state index contributed by atoms with van der Waals surface area (Å²) >= 11 is 10.4. The van der Waals surface area contributed by atoms with E-state index in [1.165, 1.54) is 0 Å². The Kier molecular flexibility index (Phi) is 17.8. The van der Waals surface area contributed by atoms with Gasteiger partial charge in [0.25, 0.3) is 0 Å². The number of nitrogens with zero attached hydrogens (tertiary/aromatic N) is 2. The van der Waals surface area contributed by atoms with E-state index >= 15 is 0 Å². The van der Waals surface area contributed by atoms with Crippen molar-refractivity contribution in [2.24, 2.45) is 0 Å². The van der Waals surface area contributed by atoms with Crippen LogP contribution in [0.4, 0.5) is 0 Å². The van der Waals surface area contributed by atoms with Gasteiger partial charge in [0.15, 0.2) is 0 Å². The molecule has 2 aromatic rings. The van der Waals surface area contributed by atoms with Crippen LogP contribution in [0.3, 0.4) is 0 Å². The molecule has 0 unspecified atom stereocenters. The molecular weight excluding hydrogens is 450 g/mol. The van der Waals surface area contributed by atoms with Crippen LogP contribution in [0.2, 0.25) is 0 Å². The lowest BCUT2D eigenvalue weighted by Gasteiger charge is -2.27. The molecule has 0 radical (unpaired) electrons. The lowest BCUT2D eigenvalue weighted by atomic mass is 10.5. The Morgan fingerprint density at radius 3 is 0.966 bits per heavy atom. The molecule has 0 N–H and O–H groups in total. The first-order valence-electron chi connectivity index (χ1n) is 9.14. The highest BCUT2D eigenvalue weighted by molar-refractivity contribution is 8.14. The van der Waals surface area contributed by atoms with Crippen LogP contribution in [0.15, 0.2) is 61.2 Å². The second kappa shape index (κ2) is 18.2. The van der Waals surface area contributed by atoms with Crippen molar-refractivity contribution in [2.45, 2.75) is 27.7 Å². The Labute approximate surface area is 184 Å². The fraction of sp³-hybridized carbons (Fsp3) is 0.444. The minimum Gasteiger partial charge on any atom is -0.309 e. The molecule has 0 fully saturated rings. The second-order valence-electron chi connectivity index (χ2n) is 4.70. The predicted molar refractivity (Wildman–Crippen MR) is 125 cm³/mol. The lowest BCUT2D eigenvalue weighted by molar-refractivity contribution is 0.176. The summed E-state index contributed by atoms with van der Waals surface area (Å²) in [6.07, 6.45) is 7.00. The van der Waals surface area contributed by atoms with Crippen molar-refractivity contribution in [1.82, 2.24) is 9.97 Å². The molecule has 0 bridgehead atoms. The van der Waals surface area contributed by atoms with Gasteiger partial charge in [-0.15, -0.1) is 0 Å². The van der Waals surface area contributed by atoms with E-state index in [2.05, 4.69) is 9.97 Å². The minimum absolute atomic E-state index is 0.394. The highest BCUT2D eigenvalue weighted by Crippen LogP contribution is 2.66. The van der Waals surface area contributed by atoms with Crippen molar-refractivity contribution in [3.63, 3.8) is 0 Å². The maximum atomic E-state index is 5.55. The number of hydrogen-bond acceptors (Lipinski definition) is 9. The van der Waals surface area contributed by atoms with E-state index in [0.29, 0.717) is 26.4 Å². The molecule has 0 aromatic carbocycles. The summed E-state index contributed by atoms with van der Waals surface area (Å²) in [6.45, 7) is 3.09. The first-order valence-corrected chi connectivity index (χ1v) is 14.3. The molecule has 164 valence electrons. The first kappa shape index (κ1) is 28.4. The van der Waals surface area contributed by atoms with E-state index in [4.69, 9.17) is 46.0 Å². The van der Waals surface area contributed by atoms with Crippen molar-refractivity contribution in [3.8, 4) is 0 Å². The van der Waals surface area contributed by atoms with Crippen molar-refractivity contribution >= 4 is 37.1 Å². The quantitative estimate of drug-likeness (QED) is 0.395. The average molecular weight is 481 g/mol. The Bertz CT molecular complexity index is 566. The Morgan fingerprint density at radius 2 is 0.828 bits per heavy atom. The van der Waals surface area contributed by atoms with Gasteiger partial charge >= 0.3 is 13.4 Å². The van der Waals surface area contributed by atoms with Crippen molar-refractivity contribution in [3.05, 3.63) is 61.2 Å². The van der Waals surface area contributed by atoms with Gasteiger partial charge in [-0.05, 0) is 75.6 Å². The number of aromatic nitrogens is 2. The van der Waals surface area contributed by atoms with Gasteiger partial charge in [-0.2, -0.15) is 0 Å². The van der Waals surface area contributed by atoms with E-state index in [1.807, 2.05) is 64.1 Å². The maximum Gasteiger partial charge on any atom is 0.334 e. The van der Waals surface area contributed by atoms with E-state index < -0.39 is 13.4 Å². The number of pyridine rings is 2. The summed E-state index contributed by atoms with van der Waals surface area (Å²) in [5.41, 5.74) is 0. The van der Waals surface area contributed by atoms with Gasteiger partial charge in [0, 0.05) is 24.8 Å². The largest absolute Gasteiger partial charge is 0.334 e. The third kappa shape index (κ3) is 15.8. The van der Waals surface area contributed by atoms with Crippen LogP contribution in [0.25, 0.3) is 0 Å². The summed E-state index contributed by atoms with van der Waals surface area (Å²) in [6, 6.07) is 11.4. The van der Waals surface area contributed by atoms with Crippen LogP contribution >= 0.6 is 13.4 Å². The number of rotatable bonds is 10. The van der Waals surface area contributed by atoms with Crippen LogP contribution < -0.4 is 0 Å². The Hall–Kier alpha value is -0.600. The zero-order valence-electron chi connectivity index (χ0n) is 17.2. The molecule has 29 heavy (non-hydrogen) atoms. The Balaban J connectivity index is 0.000000519. The van der Waals surface area contributed by atoms with E-state index in [-0.39, 0.29) is 0 Å². The van der Waals surface area contributed by atoms with Gasteiger partial charge in [0.05, 0.1) is 26.4 Å². The zero-order valence-corrected chi connectivity index (χ0v) is 20.7. The highest BCUT2D eigenvalue weighted by Gasteiger charge is 2.31.